The molecule has 2 aromatic heterocycles. The van der Waals surface area contributed by atoms with Crippen molar-refractivity contribution >= 4 is 27.3 Å². The van der Waals surface area contributed by atoms with E-state index in [-0.39, 0.29) is 22.6 Å². The van der Waals surface area contributed by atoms with E-state index in [0.29, 0.717) is 43.2 Å². The van der Waals surface area contributed by atoms with Gasteiger partial charge in [0.1, 0.15) is 4.21 Å². The minimum Gasteiger partial charge on any atom is -0.341 e. The largest absolute Gasteiger partial charge is 0.341 e. The predicted molar refractivity (Wildman–Crippen MR) is 117 cm³/mol. The van der Waals surface area contributed by atoms with E-state index in [0.717, 1.165) is 16.9 Å². The topological polar surface area (TPSA) is 96.6 Å². The maximum Gasteiger partial charge on any atom is 0.252 e. The first-order valence-corrected chi connectivity index (χ1v) is 12.3. The molecule has 1 fully saturated rings. The molecule has 0 bridgehead atoms. The second-order valence-electron chi connectivity index (χ2n) is 7.67. The van der Waals surface area contributed by atoms with Crippen molar-refractivity contribution in [3.63, 3.8) is 0 Å². The Labute approximate surface area is 185 Å². The molecule has 1 aliphatic rings. The van der Waals surface area contributed by atoms with Crippen LogP contribution in [0.5, 0.6) is 0 Å². The Morgan fingerprint density at radius 3 is 2.81 bits per heavy atom. The van der Waals surface area contributed by atoms with Crippen molar-refractivity contribution in [2.45, 2.75) is 30.5 Å². The lowest BCUT2D eigenvalue weighted by Gasteiger charge is -2.33. The molecule has 0 N–H and O–H groups in total. The van der Waals surface area contributed by atoms with E-state index in [2.05, 4.69) is 10.1 Å². The fourth-order valence-electron chi connectivity index (χ4n) is 3.72. The lowest BCUT2D eigenvalue weighted by atomic mass is 9.98. The number of piperidine rings is 1. The fraction of sp³-hybridized carbons (Fsp3) is 0.381. The average Bonchev–Trinajstić information content (AvgIpc) is 3.43. The molecule has 0 saturated carbocycles. The number of carbonyl (C=O) groups excluding carboxylic acids is 1. The van der Waals surface area contributed by atoms with Crippen molar-refractivity contribution in [1.82, 2.24) is 19.3 Å². The number of sulfonamides is 1. The van der Waals surface area contributed by atoms with Gasteiger partial charge in [0.25, 0.3) is 10.0 Å². The predicted octanol–water partition coefficient (Wildman–Crippen LogP) is 3.17. The Balaban J connectivity index is 1.46. The van der Waals surface area contributed by atoms with Crippen LogP contribution in [-0.2, 0) is 21.4 Å². The van der Waals surface area contributed by atoms with E-state index >= 15 is 0 Å². The highest BCUT2D eigenvalue weighted by molar-refractivity contribution is 7.91. The second kappa shape index (κ2) is 8.89. The molecule has 0 radical (unpaired) electrons. The van der Waals surface area contributed by atoms with Crippen LogP contribution in [0.1, 0.15) is 24.3 Å². The molecule has 1 aliphatic heterocycles. The van der Waals surface area contributed by atoms with Crippen molar-refractivity contribution in [1.29, 1.82) is 0 Å². The van der Waals surface area contributed by atoms with Crippen LogP contribution in [0.3, 0.4) is 0 Å². The Bertz CT molecular complexity index is 1160. The molecule has 0 spiro atoms. The number of rotatable bonds is 6. The van der Waals surface area contributed by atoms with Crippen LogP contribution in [0.2, 0.25) is 0 Å². The van der Waals surface area contributed by atoms with Crippen molar-refractivity contribution in [3.8, 4) is 11.4 Å². The summed E-state index contributed by atoms with van der Waals surface area (Å²) in [7, 11) is -1.93. The maximum absolute atomic E-state index is 13.2. The van der Waals surface area contributed by atoms with Gasteiger partial charge < -0.3 is 9.42 Å². The lowest BCUT2D eigenvalue weighted by Crippen LogP contribution is -2.45. The SMILES string of the molecule is Cc1nc(-c2csc(S(=O)(=O)N3CCC[C@@H](C(=O)N(C)Cc4ccccc4)C3)c2)no1. The zero-order valence-corrected chi connectivity index (χ0v) is 19.0. The van der Waals surface area contributed by atoms with E-state index < -0.39 is 10.0 Å². The van der Waals surface area contributed by atoms with Gasteiger partial charge in [0.15, 0.2) is 0 Å². The van der Waals surface area contributed by atoms with Gasteiger partial charge in [0.2, 0.25) is 17.6 Å². The lowest BCUT2D eigenvalue weighted by molar-refractivity contribution is -0.135. The first kappa shape index (κ1) is 21.7. The molecule has 3 heterocycles. The van der Waals surface area contributed by atoms with Crippen LogP contribution in [0.15, 0.2) is 50.5 Å². The summed E-state index contributed by atoms with van der Waals surface area (Å²) in [6.45, 7) is 2.78. The molecule has 0 aliphatic carbocycles. The molecule has 31 heavy (non-hydrogen) atoms. The van der Waals surface area contributed by atoms with Crippen molar-refractivity contribution in [3.05, 3.63) is 53.2 Å². The van der Waals surface area contributed by atoms with Crippen molar-refractivity contribution in [2.75, 3.05) is 20.1 Å². The summed E-state index contributed by atoms with van der Waals surface area (Å²) < 4.78 is 33.0. The van der Waals surface area contributed by atoms with E-state index in [1.165, 1.54) is 4.31 Å². The van der Waals surface area contributed by atoms with Crippen molar-refractivity contribution in [2.24, 2.45) is 5.92 Å². The van der Waals surface area contributed by atoms with Crippen LogP contribution in [0.25, 0.3) is 11.4 Å². The highest BCUT2D eigenvalue weighted by atomic mass is 32.2. The first-order chi connectivity index (χ1) is 14.8. The van der Waals surface area contributed by atoms with Gasteiger partial charge in [0.05, 0.1) is 5.92 Å². The summed E-state index contributed by atoms with van der Waals surface area (Å²) in [6.07, 6.45) is 1.33. The van der Waals surface area contributed by atoms with Gasteiger partial charge in [-0.3, -0.25) is 4.79 Å². The fourth-order valence-corrected chi connectivity index (χ4v) is 6.56. The Hall–Kier alpha value is -2.56. The minimum atomic E-state index is -3.70. The number of aromatic nitrogens is 2. The number of carbonyl (C=O) groups is 1. The number of nitrogens with zero attached hydrogens (tertiary/aromatic N) is 4. The summed E-state index contributed by atoms with van der Waals surface area (Å²) in [6, 6.07) is 11.3. The third kappa shape index (κ3) is 4.70. The normalized spacial score (nSPS) is 17.5. The van der Waals surface area contributed by atoms with Gasteiger partial charge in [-0.1, -0.05) is 35.5 Å². The summed E-state index contributed by atoms with van der Waals surface area (Å²) in [4.78, 5) is 18.8. The highest BCUT2D eigenvalue weighted by Crippen LogP contribution is 2.31. The zero-order chi connectivity index (χ0) is 22.0. The molecule has 3 aromatic rings. The van der Waals surface area contributed by atoms with Gasteiger partial charge in [0, 0.05) is 44.5 Å². The van der Waals surface area contributed by atoms with Crippen molar-refractivity contribution < 1.29 is 17.7 Å². The molecule has 1 atom stereocenters. The molecule has 0 unspecified atom stereocenters. The molecule has 1 amide bonds. The molecule has 1 aromatic carbocycles. The highest BCUT2D eigenvalue weighted by Gasteiger charge is 2.35. The molecular weight excluding hydrogens is 436 g/mol. The van der Waals surface area contributed by atoms with E-state index in [1.807, 2.05) is 30.3 Å². The van der Waals surface area contributed by atoms with Crippen LogP contribution in [0.4, 0.5) is 0 Å². The average molecular weight is 461 g/mol. The zero-order valence-electron chi connectivity index (χ0n) is 17.4. The maximum atomic E-state index is 13.2. The van der Waals surface area contributed by atoms with E-state index in [9.17, 15) is 13.2 Å². The number of amides is 1. The summed E-state index contributed by atoms with van der Waals surface area (Å²) >= 11 is 1.13. The standard InChI is InChI=1S/C21H24N4O4S2/c1-15-22-20(23-29-15)18-11-19(30-14-18)31(27,28)25-10-6-9-17(13-25)21(26)24(2)12-16-7-4-3-5-8-16/h3-5,7-8,11,14,17H,6,9-10,12-13H2,1-2H3/t17-/m1/s1. The van der Waals surface area contributed by atoms with Crippen LogP contribution in [-0.4, -0.2) is 53.8 Å². The summed E-state index contributed by atoms with van der Waals surface area (Å²) in [5.74, 6) is 0.404. The Kier molecular flexibility index (Phi) is 6.22. The van der Waals surface area contributed by atoms with Crippen LogP contribution < -0.4 is 0 Å². The summed E-state index contributed by atoms with van der Waals surface area (Å²) in [5, 5.41) is 5.55. The molecule has 8 nitrogen and oxygen atoms in total. The number of hydrogen-bond acceptors (Lipinski definition) is 7. The van der Waals surface area contributed by atoms with E-state index in [1.54, 1.807) is 30.3 Å². The smallest absolute Gasteiger partial charge is 0.252 e. The molecular formula is C21H24N4O4S2. The second-order valence-corrected chi connectivity index (χ2v) is 10.7. The van der Waals surface area contributed by atoms with Crippen LogP contribution >= 0.6 is 11.3 Å². The van der Waals surface area contributed by atoms with Gasteiger partial charge in [-0.2, -0.15) is 9.29 Å². The monoisotopic (exact) mass is 460 g/mol. The van der Waals surface area contributed by atoms with Gasteiger partial charge in [-0.05, 0) is 24.5 Å². The van der Waals surface area contributed by atoms with Gasteiger partial charge in [-0.25, -0.2) is 8.42 Å². The Morgan fingerprint density at radius 2 is 2.10 bits per heavy atom. The number of aryl methyl sites for hydroxylation is 1. The molecule has 10 heteroatoms. The molecule has 1 saturated heterocycles. The van der Waals surface area contributed by atoms with Gasteiger partial charge in [-0.15, -0.1) is 11.3 Å². The quantitative estimate of drug-likeness (QED) is 0.561. The Morgan fingerprint density at radius 1 is 1.32 bits per heavy atom. The third-order valence-corrected chi connectivity index (χ3v) is 8.61. The first-order valence-electron chi connectivity index (χ1n) is 10.0. The number of thiophene rings is 1. The van der Waals surface area contributed by atoms with E-state index in [4.69, 9.17) is 4.52 Å². The number of benzene rings is 1. The molecule has 164 valence electrons. The summed E-state index contributed by atoms with van der Waals surface area (Å²) in [5.41, 5.74) is 1.65. The number of hydrogen-bond donors (Lipinski definition) is 0. The molecule has 4 rings (SSSR count). The third-order valence-electron chi connectivity index (χ3n) is 5.33. The van der Waals surface area contributed by atoms with Crippen LogP contribution in [0, 0.1) is 12.8 Å². The minimum absolute atomic E-state index is 0.0297. The van der Waals surface area contributed by atoms with Gasteiger partial charge >= 0.3 is 0 Å².